The summed E-state index contributed by atoms with van der Waals surface area (Å²) in [6.07, 6.45) is -1.05. The van der Waals surface area contributed by atoms with Crippen LogP contribution in [-0.2, 0) is 9.53 Å². The van der Waals surface area contributed by atoms with Gasteiger partial charge in [0.15, 0.2) is 17.5 Å². The molecule has 0 fully saturated rings. The van der Waals surface area contributed by atoms with Gasteiger partial charge in [-0.1, -0.05) is 0 Å². The number of rotatable bonds is 4. The van der Waals surface area contributed by atoms with Crippen molar-refractivity contribution < 1.29 is 37.2 Å². The van der Waals surface area contributed by atoms with E-state index in [0.717, 1.165) is 24.1 Å². The van der Waals surface area contributed by atoms with Crippen molar-refractivity contribution in [1.82, 2.24) is 10.2 Å². The Morgan fingerprint density at radius 1 is 1.16 bits per heavy atom. The molecule has 1 unspecified atom stereocenters. The van der Waals surface area contributed by atoms with Crippen LogP contribution in [0.2, 0.25) is 0 Å². The molecule has 168 valence electrons. The van der Waals surface area contributed by atoms with Gasteiger partial charge in [-0.3, -0.25) is 15.0 Å². The number of non-ortho nitro benzene ring substituents is 1. The number of nitrogens with zero attached hydrogens (tertiary/aromatic N) is 2. The molecule has 0 radical (unpaired) electrons. The first-order valence-electron chi connectivity index (χ1n) is 9.04. The number of halogens is 3. The largest absolute Gasteiger partial charge is 0.466 e. The van der Waals surface area contributed by atoms with E-state index < -0.39 is 40.5 Å². The van der Waals surface area contributed by atoms with Crippen molar-refractivity contribution >= 4 is 17.7 Å². The second-order valence-corrected chi connectivity index (χ2v) is 6.65. The lowest BCUT2D eigenvalue weighted by Gasteiger charge is -2.37. The van der Waals surface area contributed by atoms with Crippen LogP contribution in [0.5, 0.6) is 5.75 Å². The normalized spacial score (nSPS) is 15.8. The van der Waals surface area contributed by atoms with Crippen LogP contribution >= 0.6 is 0 Å². The molecule has 32 heavy (non-hydrogen) atoms. The first-order chi connectivity index (χ1) is 15.1. The van der Waals surface area contributed by atoms with Gasteiger partial charge in [-0.15, -0.1) is 0 Å². The van der Waals surface area contributed by atoms with E-state index in [2.05, 4.69) is 5.32 Å². The number of amides is 1. The molecule has 9 nitrogen and oxygen atoms in total. The van der Waals surface area contributed by atoms with E-state index in [0.29, 0.717) is 12.1 Å². The molecule has 1 amide bonds. The SMILES string of the molecule is COC(=O)C1=C(C)NCN(C(=O)Oc2ccc([N+](=O)[O-])cc2)C1c1cc(F)c(F)c(F)c1. The van der Waals surface area contributed by atoms with Gasteiger partial charge in [-0.05, 0) is 36.8 Å². The van der Waals surface area contributed by atoms with Gasteiger partial charge in [-0.25, -0.2) is 22.8 Å². The van der Waals surface area contributed by atoms with Gasteiger partial charge >= 0.3 is 12.1 Å². The zero-order valence-electron chi connectivity index (χ0n) is 16.7. The fourth-order valence-corrected chi connectivity index (χ4v) is 3.17. The summed E-state index contributed by atoms with van der Waals surface area (Å²) in [6.45, 7) is 1.26. The Morgan fingerprint density at radius 2 is 1.75 bits per heavy atom. The molecule has 0 saturated heterocycles. The minimum absolute atomic E-state index is 0.0540. The molecule has 2 aromatic rings. The number of nitrogens with one attached hydrogen (secondary N) is 1. The van der Waals surface area contributed by atoms with Gasteiger partial charge in [0.1, 0.15) is 5.75 Å². The molecular formula is C20H16F3N3O6. The summed E-state index contributed by atoms with van der Waals surface area (Å²) in [7, 11) is 1.08. The number of nitro groups is 1. The highest BCUT2D eigenvalue weighted by Gasteiger charge is 2.39. The minimum Gasteiger partial charge on any atom is -0.466 e. The van der Waals surface area contributed by atoms with Crippen molar-refractivity contribution in [1.29, 1.82) is 0 Å². The number of benzene rings is 2. The first-order valence-corrected chi connectivity index (χ1v) is 9.04. The number of carbonyl (C=O) groups is 2. The van der Waals surface area contributed by atoms with E-state index in [1.54, 1.807) is 0 Å². The maximum absolute atomic E-state index is 13.9. The number of methoxy groups -OCH3 is 1. The van der Waals surface area contributed by atoms with Gasteiger partial charge in [0, 0.05) is 17.8 Å². The van der Waals surface area contributed by atoms with Crippen LogP contribution < -0.4 is 10.1 Å². The molecule has 0 saturated carbocycles. The highest BCUT2D eigenvalue weighted by molar-refractivity contribution is 5.92. The number of allylic oxidation sites excluding steroid dienone is 1. The number of nitro benzene ring substituents is 1. The van der Waals surface area contributed by atoms with Crippen molar-refractivity contribution in [2.24, 2.45) is 0 Å². The van der Waals surface area contributed by atoms with Crippen LogP contribution in [0.3, 0.4) is 0 Å². The predicted molar refractivity (Wildman–Crippen MR) is 103 cm³/mol. The van der Waals surface area contributed by atoms with Crippen LogP contribution in [0.4, 0.5) is 23.7 Å². The van der Waals surface area contributed by atoms with Crippen LogP contribution in [0, 0.1) is 27.6 Å². The Morgan fingerprint density at radius 3 is 2.28 bits per heavy atom. The fourth-order valence-electron chi connectivity index (χ4n) is 3.17. The molecule has 0 aliphatic carbocycles. The van der Waals surface area contributed by atoms with Gasteiger partial charge in [0.05, 0.1) is 30.3 Å². The second kappa shape index (κ2) is 8.96. The summed E-state index contributed by atoms with van der Waals surface area (Å²) in [5.41, 5.74) is -0.342. The number of hydrogen-bond donors (Lipinski definition) is 1. The van der Waals surface area contributed by atoms with Crippen LogP contribution in [-0.4, -0.2) is 35.7 Å². The summed E-state index contributed by atoms with van der Waals surface area (Å²) in [5.74, 6) is -5.67. The highest BCUT2D eigenvalue weighted by atomic mass is 19.2. The molecule has 12 heteroatoms. The predicted octanol–water partition coefficient (Wildman–Crippen LogP) is 3.56. The molecule has 3 rings (SSSR count). The zero-order chi connectivity index (χ0) is 23.6. The summed E-state index contributed by atoms with van der Waals surface area (Å²) in [5, 5.41) is 13.5. The summed E-state index contributed by atoms with van der Waals surface area (Å²) < 4.78 is 51.3. The van der Waals surface area contributed by atoms with E-state index in [1.807, 2.05) is 0 Å². The minimum atomic E-state index is -1.71. The molecule has 0 spiro atoms. The average molecular weight is 451 g/mol. The topological polar surface area (TPSA) is 111 Å². The van der Waals surface area contributed by atoms with Crippen molar-refractivity contribution in [3.05, 3.63) is 80.8 Å². The van der Waals surface area contributed by atoms with Crippen LogP contribution in [0.15, 0.2) is 47.7 Å². The zero-order valence-corrected chi connectivity index (χ0v) is 16.7. The third-order valence-electron chi connectivity index (χ3n) is 4.72. The lowest BCUT2D eigenvalue weighted by Crippen LogP contribution is -2.48. The lowest BCUT2D eigenvalue weighted by molar-refractivity contribution is -0.384. The Labute approximate surface area is 179 Å². The van der Waals surface area contributed by atoms with Gasteiger partial charge in [-0.2, -0.15) is 0 Å². The van der Waals surface area contributed by atoms with E-state index in [-0.39, 0.29) is 34.9 Å². The van der Waals surface area contributed by atoms with Crippen LogP contribution in [0.1, 0.15) is 18.5 Å². The average Bonchev–Trinajstić information content (AvgIpc) is 2.76. The monoisotopic (exact) mass is 451 g/mol. The molecule has 1 aliphatic rings. The van der Waals surface area contributed by atoms with Gasteiger partial charge < -0.3 is 14.8 Å². The first kappa shape index (κ1) is 22.6. The summed E-state index contributed by atoms with van der Waals surface area (Å²) in [6, 6.07) is 4.54. The quantitative estimate of drug-likeness (QED) is 0.327. The van der Waals surface area contributed by atoms with Crippen molar-refractivity contribution in [2.45, 2.75) is 13.0 Å². The Balaban J connectivity index is 2.02. The third kappa shape index (κ3) is 4.33. The Kier molecular flexibility index (Phi) is 6.32. The van der Waals surface area contributed by atoms with E-state index in [9.17, 15) is 32.9 Å². The Bertz CT molecular complexity index is 1100. The second-order valence-electron chi connectivity index (χ2n) is 6.65. The molecule has 2 aromatic carbocycles. The van der Waals surface area contributed by atoms with E-state index in [4.69, 9.17) is 9.47 Å². The summed E-state index contributed by atoms with van der Waals surface area (Å²) in [4.78, 5) is 36.3. The number of esters is 1. The van der Waals surface area contributed by atoms with Crippen molar-refractivity contribution in [3.63, 3.8) is 0 Å². The van der Waals surface area contributed by atoms with Gasteiger partial charge in [0.25, 0.3) is 5.69 Å². The molecule has 1 aliphatic heterocycles. The van der Waals surface area contributed by atoms with Crippen molar-refractivity contribution in [3.8, 4) is 5.75 Å². The van der Waals surface area contributed by atoms with E-state index >= 15 is 0 Å². The smallest absolute Gasteiger partial charge is 0.417 e. The molecule has 1 heterocycles. The summed E-state index contributed by atoms with van der Waals surface area (Å²) >= 11 is 0. The van der Waals surface area contributed by atoms with E-state index in [1.165, 1.54) is 19.1 Å². The highest BCUT2D eigenvalue weighted by Crippen LogP contribution is 2.35. The van der Waals surface area contributed by atoms with Crippen molar-refractivity contribution in [2.75, 3.05) is 13.8 Å². The van der Waals surface area contributed by atoms with Crippen LogP contribution in [0.25, 0.3) is 0 Å². The maximum Gasteiger partial charge on any atom is 0.417 e. The molecule has 1 N–H and O–H groups in total. The fraction of sp³-hybridized carbons (Fsp3) is 0.200. The third-order valence-corrected chi connectivity index (χ3v) is 4.72. The standard InChI is InChI=1S/C20H16F3N3O6/c1-10-16(19(27)31-2)18(11-7-14(21)17(23)15(22)8-11)25(9-24-10)20(28)32-13-5-3-12(4-6-13)26(29)30/h3-8,18,24H,9H2,1-2H3. The number of carbonyl (C=O) groups excluding carboxylic acids is 2. The maximum atomic E-state index is 13.9. The molecular weight excluding hydrogens is 435 g/mol. The molecule has 0 bridgehead atoms. The number of hydrogen-bond acceptors (Lipinski definition) is 7. The molecule has 1 atom stereocenters. The number of ether oxygens (including phenoxy) is 2. The van der Waals surface area contributed by atoms with Gasteiger partial charge in [0.2, 0.25) is 0 Å². The lowest BCUT2D eigenvalue weighted by atomic mass is 9.94. The Hall–Kier alpha value is -4.09. The molecule has 0 aromatic heterocycles.